The van der Waals surface area contributed by atoms with E-state index in [-0.39, 0.29) is 0 Å². The molecule has 1 heterocycles. The van der Waals surface area contributed by atoms with Gasteiger partial charge in [0.25, 0.3) is 0 Å². The average molecular weight is 311 g/mol. The zero-order valence-corrected chi connectivity index (χ0v) is 11.8. The fraction of sp³-hybridized carbons (Fsp3) is 0.214. The summed E-state index contributed by atoms with van der Waals surface area (Å²) in [6.45, 7) is 1.79. The van der Waals surface area contributed by atoms with Crippen molar-refractivity contribution in [3.8, 4) is 6.01 Å². The number of ether oxygens (including phenoxy) is 1. The van der Waals surface area contributed by atoms with Crippen LogP contribution in [0.4, 0.5) is 23.7 Å². The zero-order valence-electron chi connectivity index (χ0n) is 11.8. The minimum absolute atomic E-state index is 0.569. The summed E-state index contributed by atoms with van der Waals surface area (Å²) in [5, 5.41) is 0. The van der Waals surface area contributed by atoms with E-state index in [4.69, 9.17) is 4.74 Å². The van der Waals surface area contributed by atoms with E-state index in [0.29, 0.717) is 11.8 Å². The van der Waals surface area contributed by atoms with Gasteiger partial charge < -0.3 is 4.74 Å². The van der Waals surface area contributed by atoms with Crippen LogP contribution in [0.3, 0.4) is 0 Å². The molecule has 1 aromatic heterocycles. The number of carbonyl (C=O) groups excluding carboxylic acids is 1. The number of para-hydroxylation sites is 1. The van der Waals surface area contributed by atoms with Crippen LogP contribution in [0.5, 0.6) is 6.01 Å². The number of amides is 1. The van der Waals surface area contributed by atoms with Crippen LogP contribution in [-0.2, 0) is 6.18 Å². The van der Waals surface area contributed by atoms with E-state index in [0.717, 1.165) is 11.8 Å². The number of halogens is 3. The molecule has 2 aromatic rings. The van der Waals surface area contributed by atoms with Crippen LogP contribution in [-0.4, -0.2) is 23.1 Å². The highest BCUT2D eigenvalue weighted by atomic mass is 19.4. The van der Waals surface area contributed by atoms with Crippen LogP contribution < -0.4 is 9.64 Å². The third kappa shape index (κ3) is 3.51. The number of nitrogens with zero attached hydrogens (tertiary/aromatic N) is 3. The minimum Gasteiger partial charge on any atom is -0.374 e. The molecule has 0 spiro atoms. The van der Waals surface area contributed by atoms with Gasteiger partial charge in [-0.1, -0.05) is 18.2 Å². The maximum absolute atomic E-state index is 12.5. The highest BCUT2D eigenvalue weighted by Gasteiger charge is 2.33. The third-order valence-electron chi connectivity index (χ3n) is 2.85. The lowest BCUT2D eigenvalue weighted by Crippen LogP contribution is -2.30. The van der Waals surface area contributed by atoms with Gasteiger partial charge in [-0.3, -0.25) is 4.90 Å². The molecule has 0 aliphatic carbocycles. The van der Waals surface area contributed by atoms with Gasteiger partial charge >= 0.3 is 18.3 Å². The van der Waals surface area contributed by atoms with Crippen molar-refractivity contribution in [1.82, 2.24) is 9.97 Å². The first-order valence-corrected chi connectivity index (χ1v) is 6.20. The second kappa shape index (κ2) is 6.00. The van der Waals surface area contributed by atoms with Crippen LogP contribution in [0.25, 0.3) is 0 Å². The molecular weight excluding hydrogens is 299 g/mol. The Labute approximate surface area is 124 Å². The number of anilines is 1. The number of benzene rings is 1. The molecule has 0 radical (unpaired) electrons. The Bertz CT molecular complexity index is 689. The van der Waals surface area contributed by atoms with Crippen LogP contribution >= 0.6 is 0 Å². The summed E-state index contributed by atoms with van der Waals surface area (Å²) in [6.07, 6.45) is -4.63. The summed E-state index contributed by atoms with van der Waals surface area (Å²) in [4.78, 5) is 19.8. The minimum atomic E-state index is -4.63. The van der Waals surface area contributed by atoms with E-state index in [1.54, 1.807) is 31.2 Å². The summed E-state index contributed by atoms with van der Waals surface area (Å²) in [6, 6.07) is 7.05. The Balaban J connectivity index is 2.17. The second-order valence-corrected chi connectivity index (χ2v) is 4.44. The maximum atomic E-state index is 12.5. The van der Waals surface area contributed by atoms with Crippen molar-refractivity contribution >= 4 is 11.8 Å². The van der Waals surface area contributed by atoms with Crippen molar-refractivity contribution in [2.24, 2.45) is 0 Å². The third-order valence-corrected chi connectivity index (χ3v) is 2.85. The van der Waals surface area contributed by atoms with E-state index in [1.807, 2.05) is 0 Å². The summed E-state index contributed by atoms with van der Waals surface area (Å²) in [5.41, 5.74) is 0.204. The number of hydrogen-bond acceptors (Lipinski definition) is 4. The van der Waals surface area contributed by atoms with Crippen molar-refractivity contribution in [3.63, 3.8) is 0 Å². The van der Waals surface area contributed by atoms with Crippen molar-refractivity contribution in [2.45, 2.75) is 13.1 Å². The highest BCUT2D eigenvalue weighted by Crippen LogP contribution is 2.28. The lowest BCUT2D eigenvalue weighted by atomic mass is 10.2. The molecular formula is C14H12F3N3O2. The van der Waals surface area contributed by atoms with Crippen LogP contribution in [0.2, 0.25) is 0 Å². The SMILES string of the molecule is Cc1ccccc1N(C)C(=O)Oc1nccc(C(F)(F)F)n1. The fourth-order valence-electron chi connectivity index (χ4n) is 1.73. The number of aromatic nitrogens is 2. The Morgan fingerprint density at radius 1 is 1.23 bits per heavy atom. The molecule has 5 nitrogen and oxygen atoms in total. The van der Waals surface area contributed by atoms with E-state index < -0.39 is 24.0 Å². The Morgan fingerprint density at radius 2 is 1.91 bits per heavy atom. The van der Waals surface area contributed by atoms with Gasteiger partial charge in [-0.2, -0.15) is 18.2 Å². The molecule has 0 atom stereocenters. The number of rotatable bonds is 2. The van der Waals surface area contributed by atoms with Gasteiger partial charge in [0.2, 0.25) is 0 Å². The lowest BCUT2D eigenvalue weighted by molar-refractivity contribution is -0.141. The Kier molecular flexibility index (Phi) is 4.30. The molecule has 0 saturated carbocycles. The van der Waals surface area contributed by atoms with Crippen LogP contribution in [0, 0.1) is 6.92 Å². The predicted octanol–water partition coefficient (Wildman–Crippen LogP) is 3.44. The molecule has 1 aromatic carbocycles. The molecule has 0 aliphatic heterocycles. The zero-order chi connectivity index (χ0) is 16.3. The smallest absolute Gasteiger partial charge is 0.374 e. The molecule has 0 unspecified atom stereocenters. The van der Waals surface area contributed by atoms with Crippen molar-refractivity contribution in [1.29, 1.82) is 0 Å². The van der Waals surface area contributed by atoms with Crippen LogP contribution in [0.15, 0.2) is 36.5 Å². The normalized spacial score (nSPS) is 11.1. The highest BCUT2D eigenvalue weighted by molar-refractivity contribution is 5.89. The summed E-state index contributed by atoms with van der Waals surface area (Å²) >= 11 is 0. The summed E-state index contributed by atoms with van der Waals surface area (Å²) < 4.78 is 42.4. The van der Waals surface area contributed by atoms with Crippen molar-refractivity contribution < 1.29 is 22.7 Å². The first-order valence-electron chi connectivity index (χ1n) is 6.20. The molecule has 2 rings (SSSR count). The molecule has 22 heavy (non-hydrogen) atoms. The van der Waals surface area contributed by atoms with E-state index >= 15 is 0 Å². The van der Waals surface area contributed by atoms with Gasteiger partial charge in [0.05, 0.1) is 0 Å². The molecule has 116 valence electrons. The molecule has 0 bridgehead atoms. The van der Waals surface area contributed by atoms with Gasteiger partial charge in [-0.15, -0.1) is 0 Å². The van der Waals surface area contributed by atoms with Gasteiger partial charge in [0, 0.05) is 18.9 Å². The monoisotopic (exact) mass is 311 g/mol. The summed E-state index contributed by atoms with van der Waals surface area (Å²) in [7, 11) is 1.44. The molecule has 0 N–H and O–H groups in total. The molecule has 0 saturated heterocycles. The van der Waals surface area contributed by atoms with Crippen LogP contribution in [0.1, 0.15) is 11.3 Å². The first-order chi connectivity index (χ1) is 10.3. The van der Waals surface area contributed by atoms with Crippen molar-refractivity contribution in [3.05, 3.63) is 47.8 Å². The van der Waals surface area contributed by atoms with E-state index in [9.17, 15) is 18.0 Å². The molecule has 1 amide bonds. The Morgan fingerprint density at radius 3 is 2.55 bits per heavy atom. The number of alkyl halides is 3. The first kappa shape index (κ1) is 15.7. The second-order valence-electron chi connectivity index (χ2n) is 4.44. The fourth-order valence-corrected chi connectivity index (χ4v) is 1.73. The van der Waals surface area contributed by atoms with E-state index in [1.165, 1.54) is 11.9 Å². The van der Waals surface area contributed by atoms with Gasteiger partial charge in [0.1, 0.15) is 0 Å². The van der Waals surface area contributed by atoms with E-state index in [2.05, 4.69) is 9.97 Å². The number of hydrogen-bond donors (Lipinski definition) is 0. The topological polar surface area (TPSA) is 55.3 Å². The maximum Gasteiger partial charge on any atom is 0.433 e. The molecule has 0 fully saturated rings. The predicted molar refractivity (Wildman–Crippen MR) is 72.6 cm³/mol. The van der Waals surface area contributed by atoms with Gasteiger partial charge in [-0.05, 0) is 24.6 Å². The number of carbonyl (C=O) groups is 1. The largest absolute Gasteiger partial charge is 0.433 e. The van der Waals surface area contributed by atoms with Gasteiger partial charge in [-0.25, -0.2) is 9.78 Å². The average Bonchev–Trinajstić information content (AvgIpc) is 2.46. The quantitative estimate of drug-likeness (QED) is 0.852. The lowest BCUT2D eigenvalue weighted by Gasteiger charge is -2.18. The molecule has 0 aliphatic rings. The Hall–Kier alpha value is -2.64. The van der Waals surface area contributed by atoms with Crippen molar-refractivity contribution in [2.75, 3.05) is 11.9 Å². The standard InChI is InChI=1S/C14H12F3N3O2/c1-9-5-3-4-6-10(9)20(2)13(21)22-12-18-8-7-11(19-12)14(15,16)17/h3-8H,1-2H3. The summed E-state index contributed by atoms with van der Waals surface area (Å²) in [5.74, 6) is 0. The molecule has 8 heteroatoms. The number of aryl methyl sites for hydroxylation is 1. The van der Waals surface area contributed by atoms with Gasteiger partial charge in [0.15, 0.2) is 5.69 Å².